The first-order valence-corrected chi connectivity index (χ1v) is 5.15. The summed E-state index contributed by atoms with van der Waals surface area (Å²) >= 11 is 0. The predicted molar refractivity (Wildman–Crippen MR) is 49.4 cm³/mol. The summed E-state index contributed by atoms with van der Waals surface area (Å²) < 4.78 is 5.30. The molecule has 0 unspecified atom stereocenters. The van der Waals surface area contributed by atoms with E-state index < -0.39 is 5.79 Å². The number of hydrogen-bond acceptors (Lipinski definition) is 3. The molecule has 4 rings (SSSR count). The zero-order valence-corrected chi connectivity index (χ0v) is 8.19. The van der Waals surface area contributed by atoms with Crippen molar-refractivity contribution in [3.05, 3.63) is 12.2 Å². The maximum absolute atomic E-state index is 11.8. The fourth-order valence-electron chi connectivity index (χ4n) is 3.23. The zero-order chi connectivity index (χ0) is 9.97. The number of Topliss-reactive ketones (excluding diaryl/α,β-unsaturated/α-hetero) is 1. The molecule has 0 radical (unpaired) electrons. The Balaban J connectivity index is 2.15. The van der Waals surface area contributed by atoms with Gasteiger partial charge in [0.05, 0.1) is 6.61 Å². The van der Waals surface area contributed by atoms with Gasteiger partial charge in [-0.25, -0.2) is 0 Å². The van der Waals surface area contributed by atoms with Gasteiger partial charge in [0.1, 0.15) is 0 Å². The van der Waals surface area contributed by atoms with Crippen molar-refractivity contribution in [3.63, 3.8) is 0 Å². The van der Waals surface area contributed by atoms with E-state index in [0.717, 1.165) is 12.8 Å². The fraction of sp³-hybridized carbons (Fsp3) is 0.727. The van der Waals surface area contributed by atoms with E-state index in [2.05, 4.69) is 6.92 Å². The Morgan fingerprint density at radius 2 is 2.36 bits per heavy atom. The molecular weight excluding hydrogens is 180 g/mol. The Bertz CT molecular complexity index is 335. The first-order valence-electron chi connectivity index (χ1n) is 5.15. The second kappa shape index (κ2) is 2.28. The maximum atomic E-state index is 11.8. The second-order valence-corrected chi connectivity index (χ2v) is 4.99. The van der Waals surface area contributed by atoms with Crippen molar-refractivity contribution >= 4 is 5.78 Å². The summed E-state index contributed by atoms with van der Waals surface area (Å²) in [5.74, 6) is -1.91. The van der Waals surface area contributed by atoms with Gasteiger partial charge in [0.15, 0.2) is 5.78 Å². The van der Waals surface area contributed by atoms with Crippen molar-refractivity contribution in [2.24, 2.45) is 17.3 Å². The minimum Gasteiger partial charge on any atom is -0.359 e. The van der Waals surface area contributed by atoms with Crippen molar-refractivity contribution in [3.8, 4) is 0 Å². The van der Waals surface area contributed by atoms with Gasteiger partial charge >= 0.3 is 0 Å². The van der Waals surface area contributed by atoms with Crippen molar-refractivity contribution < 1.29 is 14.6 Å². The number of hydrogen-bond donors (Lipinski definition) is 1. The van der Waals surface area contributed by atoms with Gasteiger partial charge in [-0.3, -0.25) is 4.79 Å². The average molecular weight is 194 g/mol. The topological polar surface area (TPSA) is 46.5 Å². The molecule has 1 aliphatic heterocycles. The molecule has 4 aliphatic rings. The molecule has 1 heterocycles. The molecule has 3 heteroatoms. The van der Waals surface area contributed by atoms with E-state index in [0.29, 0.717) is 6.61 Å². The van der Waals surface area contributed by atoms with Crippen LogP contribution in [0.4, 0.5) is 0 Å². The summed E-state index contributed by atoms with van der Waals surface area (Å²) in [7, 11) is 0. The molecule has 1 N–H and O–H groups in total. The quantitative estimate of drug-likeness (QED) is 0.582. The lowest BCUT2D eigenvalue weighted by atomic mass is 9.54. The normalized spacial score (nSPS) is 55.1. The predicted octanol–water partition coefficient (Wildman–Crippen LogP) is 0.877. The van der Waals surface area contributed by atoms with Crippen LogP contribution in [-0.2, 0) is 9.53 Å². The largest absolute Gasteiger partial charge is 0.359 e. The average Bonchev–Trinajstić information content (AvgIpc) is 2.13. The lowest BCUT2D eigenvalue weighted by molar-refractivity contribution is -0.279. The molecule has 0 amide bonds. The summed E-state index contributed by atoms with van der Waals surface area (Å²) in [4.78, 5) is 11.8. The van der Waals surface area contributed by atoms with E-state index in [4.69, 9.17) is 4.74 Å². The maximum Gasteiger partial charge on any atom is 0.234 e. The third kappa shape index (κ3) is 0.782. The molecule has 1 saturated heterocycles. The van der Waals surface area contributed by atoms with Crippen LogP contribution in [0.2, 0.25) is 0 Å². The SMILES string of the molecule is C[C@@]12CCO[C@]3(O)C(=O)[C@@H](C=C[C@H]13)C2. The van der Waals surface area contributed by atoms with E-state index in [1.807, 2.05) is 12.2 Å². The van der Waals surface area contributed by atoms with Gasteiger partial charge in [-0.15, -0.1) is 0 Å². The van der Waals surface area contributed by atoms with Gasteiger partial charge in [0.2, 0.25) is 5.79 Å². The van der Waals surface area contributed by atoms with Gasteiger partial charge in [-0.05, 0) is 18.3 Å². The third-order valence-electron chi connectivity index (χ3n) is 4.08. The number of carbonyl (C=O) groups is 1. The van der Waals surface area contributed by atoms with E-state index in [1.54, 1.807) is 0 Å². The van der Waals surface area contributed by atoms with Crippen molar-refractivity contribution in [2.45, 2.75) is 25.6 Å². The monoisotopic (exact) mass is 194 g/mol. The van der Waals surface area contributed by atoms with Crippen LogP contribution in [0.3, 0.4) is 0 Å². The highest BCUT2D eigenvalue weighted by Gasteiger charge is 2.63. The minimum atomic E-state index is -1.51. The molecular formula is C11H14O3. The van der Waals surface area contributed by atoms with E-state index in [9.17, 15) is 9.90 Å². The van der Waals surface area contributed by atoms with Crippen molar-refractivity contribution in [1.29, 1.82) is 0 Å². The number of aliphatic hydroxyl groups is 1. The minimum absolute atomic E-state index is 0.0559. The Kier molecular flexibility index (Phi) is 1.41. The van der Waals surface area contributed by atoms with Crippen LogP contribution in [-0.4, -0.2) is 23.3 Å². The van der Waals surface area contributed by atoms with Gasteiger partial charge in [-0.2, -0.15) is 0 Å². The molecule has 14 heavy (non-hydrogen) atoms. The number of carbonyl (C=O) groups excluding carboxylic acids is 1. The molecule has 1 saturated carbocycles. The van der Waals surface area contributed by atoms with Crippen LogP contribution in [0.25, 0.3) is 0 Å². The lowest BCUT2D eigenvalue weighted by Gasteiger charge is -2.56. The van der Waals surface area contributed by atoms with E-state index in [-0.39, 0.29) is 23.0 Å². The number of allylic oxidation sites excluding steroid dienone is 1. The molecule has 4 bridgehead atoms. The molecule has 0 spiro atoms. The molecule has 0 aromatic rings. The molecule has 4 atom stereocenters. The molecule has 0 aromatic carbocycles. The number of ether oxygens (including phenoxy) is 1. The van der Waals surface area contributed by atoms with Crippen LogP contribution in [0.15, 0.2) is 12.2 Å². The summed E-state index contributed by atoms with van der Waals surface area (Å²) in [5.41, 5.74) is 0.0559. The first-order chi connectivity index (χ1) is 6.56. The Morgan fingerprint density at radius 3 is 3.07 bits per heavy atom. The summed E-state index contributed by atoms with van der Waals surface area (Å²) in [6, 6.07) is 0. The lowest BCUT2D eigenvalue weighted by Crippen LogP contribution is -2.65. The standard InChI is InChI=1S/C11H14O3/c1-10-4-5-14-11(13)8(10)3-2-7(6-10)9(11)12/h2-3,7-8,13H,4-6H2,1H3/t7-,8+,10-,11-/m0/s1. The fourth-order valence-corrected chi connectivity index (χ4v) is 3.23. The van der Waals surface area contributed by atoms with Gasteiger partial charge in [0.25, 0.3) is 0 Å². The van der Waals surface area contributed by atoms with Gasteiger partial charge < -0.3 is 9.84 Å². The Morgan fingerprint density at radius 1 is 1.57 bits per heavy atom. The van der Waals surface area contributed by atoms with E-state index >= 15 is 0 Å². The molecule has 3 nitrogen and oxygen atoms in total. The van der Waals surface area contributed by atoms with Gasteiger partial charge in [-0.1, -0.05) is 19.1 Å². The van der Waals surface area contributed by atoms with Crippen LogP contribution in [0.1, 0.15) is 19.8 Å². The molecule has 2 fully saturated rings. The third-order valence-corrected chi connectivity index (χ3v) is 4.08. The smallest absolute Gasteiger partial charge is 0.234 e. The highest BCUT2D eigenvalue weighted by Crippen LogP contribution is 2.56. The first kappa shape index (κ1) is 8.62. The molecule has 76 valence electrons. The molecule has 3 aliphatic carbocycles. The summed E-state index contributed by atoms with van der Waals surface area (Å²) in [6.07, 6.45) is 5.71. The van der Waals surface area contributed by atoms with Crippen LogP contribution < -0.4 is 0 Å². The number of rotatable bonds is 0. The molecule has 0 aromatic heterocycles. The highest BCUT2D eigenvalue weighted by atomic mass is 16.6. The number of ketones is 1. The van der Waals surface area contributed by atoms with Crippen LogP contribution >= 0.6 is 0 Å². The van der Waals surface area contributed by atoms with Crippen LogP contribution in [0, 0.1) is 17.3 Å². The van der Waals surface area contributed by atoms with Crippen molar-refractivity contribution in [2.75, 3.05) is 6.61 Å². The Labute approximate surface area is 82.8 Å². The summed E-state index contributed by atoms with van der Waals surface area (Å²) in [6.45, 7) is 2.64. The van der Waals surface area contributed by atoms with Crippen LogP contribution in [0.5, 0.6) is 0 Å². The highest BCUT2D eigenvalue weighted by molar-refractivity contribution is 5.92. The van der Waals surface area contributed by atoms with Gasteiger partial charge in [0, 0.05) is 11.8 Å². The van der Waals surface area contributed by atoms with Crippen molar-refractivity contribution in [1.82, 2.24) is 0 Å². The Hall–Kier alpha value is -0.670. The second-order valence-electron chi connectivity index (χ2n) is 4.99. The van der Waals surface area contributed by atoms with E-state index in [1.165, 1.54) is 0 Å². The summed E-state index contributed by atoms with van der Waals surface area (Å²) in [5, 5.41) is 10.2. The zero-order valence-electron chi connectivity index (χ0n) is 8.19.